The summed E-state index contributed by atoms with van der Waals surface area (Å²) in [6, 6.07) is 4.51. The lowest BCUT2D eigenvalue weighted by atomic mass is 10.1. The van der Waals surface area contributed by atoms with E-state index in [0.29, 0.717) is 11.2 Å². The zero-order valence-electron chi connectivity index (χ0n) is 14.9. The molecule has 0 bridgehead atoms. The van der Waals surface area contributed by atoms with Crippen LogP contribution in [0.2, 0.25) is 0 Å². The summed E-state index contributed by atoms with van der Waals surface area (Å²) in [5.41, 5.74) is 2.20. The number of morpholine rings is 1. The number of H-pyrrole nitrogens is 1. The van der Waals surface area contributed by atoms with Crippen LogP contribution in [0, 0.1) is 5.82 Å². The normalized spacial score (nSPS) is 15.3. The Bertz CT molecular complexity index is 929. The minimum atomic E-state index is -0.301. The highest BCUT2D eigenvalue weighted by molar-refractivity contribution is 5.95. The number of carbonyl (C=O) groups excluding carboxylic acids is 1. The molecule has 0 saturated carbocycles. The second-order valence-corrected chi connectivity index (χ2v) is 6.67. The molecule has 4 rings (SSSR count). The summed E-state index contributed by atoms with van der Waals surface area (Å²) in [6.07, 6.45) is 5.45. The molecule has 1 saturated heterocycles. The van der Waals surface area contributed by atoms with Gasteiger partial charge in [-0.25, -0.2) is 4.39 Å². The van der Waals surface area contributed by atoms with Crippen LogP contribution in [0.1, 0.15) is 5.56 Å². The molecule has 2 aromatic heterocycles. The molecule has 0 aliphatic carbocycles. The molecule has 2 N–H and O–H groups in total. The molecule has 1 aromatic carbocycles. The van der Waals surface area contributed by atoms with Crippen LogP contribution in [0.25, 0.3) is 10.9 Å². The molecule has 8 heteroatoms. The summed E-state index contributed by atoms with van der Waals surface area (Å²) in [6.45, 7) is 5.12. The number of aromatic nitrogens is 3. The van der Waals surface area contributed by atoms with E-state index < -0.39 is 0 Å². The number of fused-ring (bicyclic) bond motifs is 1. The maximum Gasteiger partial charge on any atom is 0.228 e. The highest BCUT2D eigenvalue weighted by atomic mass is 19.1. The van der Waals surface area contributed by atoms with Gasteiger partial charge in [0.1, 0.15) is 5.82 Å². The van der Waals surface area contributed by atoms with Crippen LogP contribution in [0.15, 0.2) is 36.8 Å². The Balaban J connectivity index is 1.32. The van der Waals surface area contributed by atoms with E-state index >= 15 is 0 Å². The molecule has 142 valence electrons. The van der Waals surface area contributed by atoms with E-state index in [1.165, 1.54) is 12.1 Å². The van der Waals surface area contributed by atoms with E-state index in [2.05, 4.69) is 20.3 Å². The lowest BCUT2D eigenvalue weighted by molar-refractivity contribution is -0.115. The Labute approximate surface area is 156 Å². The van der Waals surface area contributed by atoms with Crippen LogP contribution >= 0.6 is 0 Å². The fourth-order valence-corrected chi connectivity index (χ4v) is 3.30. The number of nitrogens with zero attached hydrogens (tertiary/aromatic N) is 3. The van der Waals surface area contributed by atoms with Gasteiger partial charge in [-0.15, -0.1) is 0 Å². The second-order valence-electron chi connectivity index (χ2n) is 6.67. The third kappa shape index (κ3) is 4.35. The van der Waals surface area contributed by atoms with Crippen molar-refractivity contribution >= 4 is 22.5 Å². The molecule has 3 heterocycles. The average molecular weight is 371 g/mol. The minimum absolute atomic E-state index is 0.132. The van der Waals surface area contributed by atoms with E-state index in [1.54, 1.807) is 18.5 Å². The van der Waals surface area contributed by atoms with Crippen molar-refractivity contribution < 1.29 is 13.9 Å². The largest absolute Gasteiger partial charge is 0.379 e. The average Bonchev–Trinajstić information content (AvgIpc) is 3.27. The number of aromatic amines is 1. The summed E-state index contributed by atoms with van der Waals surface area (Å²) in [4.78, 5) is 17.7. The van der Waals surface area contributed by atoms with Gasteiger partial charge in [0.05, 0.1) is 38.1 Å². The van der Waals surface area contributed by atoms with Crippen LogP contribution in [0.4, 0.5) is 10.1 Å². The van der Waals surface area contributed by atoms with Crippen LogP contribution < -0.4 is 5.32 Å². The number of ether oxygens (including phenoxy) is 1. The van der Waals surface area contributed by atoms with Gasteiger partial charge < -0.3 is 15.0 Å². The summed E-state index contributed by atoms with van der Waals surface area (Å²) in [5, 5.41) is 8.03. The lowest BCUT2D eigenvalue weighted by Crippen LogP contribution is -2.38. The zero-order chi connectivity index (χ0) is 18.6. The molecule has 0 spiro atoms. The fourth-order valence-electron chi connectivity index (χ4n) is 3.30. The van der Waals surface area contributed by atoms with Crippen LogP contribution in [-0.4, -0.2) is 58.4 Å². The molecule has 3 aromatic rings. The van der Waals surface area contributed by atoms with E-state index in [-0.39, 0.29) is 18.1 Å². The van der Waals surface area contributed by atoms with Gasteiger partial charge in [0.15, 0.2) is 0 Å². The van der Waals surface area contributed by atoms with E-state index in [1.807, 2.05) is 10.9 Å². The number of nitrogens with one attached hydrogen (secondary N) is 2. The number of amides is 1. The van der Waals surface area contributed by atoms with Crippen LogP contribution in [-0.2, 0) is 22.5 Å². The molecular formula is C19H22FN5O2. The summed E-state index contributed by atoms with van der Waals surface area (Å²) in [5.74, 6) is -0.433. The Morgan fingerprint density at radius 1 is 1.30 bits per heavy atom. The molecule has 1 aliphatic heterocycles. The lowest BCUT2D eigenvalue weighted by Gasteiger charge is -2.26. The van der Waals surface area contributed by atoms with Gasteiger partial charge in [-0.3, -0.25) is 14.4 Å². The first-order valence-electron chi connectivity index (χ1n) is 9.05. The first-order chi connectivity index (χ1) is 13.2. The topological polar surface area (TPSA) is 75.2 Å². The van der Waals surface area contributed by atoms with Crippen molar-refractivity contribution in [2.24, 2.45) is 0 Å². The van der Waals surface area contributed by atoms with Gasteiger partial charge in [0, 0.05) is 42.9 Å². The predicted octanol–water partition coefficient (Wildman–Crippen LogP) is 2.02. The number of carbonyl (C=O) groups is 1. The molecule has 27 heavy (non-hydrogen) atoms. The summed E-state index contributed by atoms with van der Waals surface area (Å²) >= 11 is 0. The number of halogens is 1. The van der Waals surface area contributed by atoms with Crippen LogP contribution in [0.5, 0.6) is 0 Å². The van der Waals surface area contributed by atoms with E-state index in [9.17, 15) is 9.18 Å². The monoisotopic (exact) mass is 371 g/mol. The molecule has 0 radical (unpaired) electrons. The van der Waals surface area contributed by atoms with E-state index in [4.69, 9.17) is 4.74 Å². The van der Waals surface area contributed by atoms with Gasteiger partial charge >= 0.3 is 0 Å². The van der Waals surface area contributed by atoms with Gasteiger partial charge in [0.25, 0.3) is 0 Å². The SMILES string of the molecule is O=C(Cc1c[nH]c2cc(F)ccc12)Nc1cnn(CCN2CCOCC2)c1. The van der Waals surface area contributed by atoms with Crippen LogP contribution in [0.3, 0.4) is 0 Å². The smallest absolute Gasteiger partial charge is 0.228 e. The Morgan fingerprint density at radius 2 is 2.15 bits per heavy atom. The van der Waals surface area contributed by atoms with Gasteiger partial charge in [-0.1, -0.05) is 0 Å². The fraction of sp³-hybridized carbons (Fsp3) is 0.368. The van der Waals surface area contributed by atoms with Crippen molar-refractivity contribution in [2.45, 2.75) is 13.0 Å². The summed E-state index contributed by atoms with van der Waals surface area (Å²) in [7, 11) is 0. The Hall–Kier alpha value is -2.71. The Kier molecular flexibility index (Phi) is 5.17. The minimum Gasteiger partial charge on any atom is -0.379 e. The molecule has 1 amide bonds. The third-order valence-electron chi connectivity index (χ3n) is 4.75. The summed E-state index contributed by atoms with van der Waals surface area (Å²) < 4.78 is 20.4. The van der Waals surface area contributed by atoms with Crippen molar-refractivity contribution in [2.75, 3.05) is 38.2 Å². The van der Waals surface area contributed by atoms with Crippen molar-refractivity contribution in [1.29, 1.82) is 0 Å². The first-order valence-corrected chi connectivity index (χ1v) is 9.05. The third-order valence-corrected chi connectivity index (χ3v) is 4.75. The maximum atomic E-state index is 13.3. The molecule has 7 nitrogen and oxygen atoms in total. The molecule has 0 unspecified atom stereocenters. The standard InChI is InChI=1S/C19H22FN5O2/c20-15-1-2-17-14(11-21-18(17)10-15)9-19(26)23-16-12-22-25(13-16)4-3-24-5-7-27-8-6-24/h1-2,10-13,21H,3-9H2,(H,23,26). The number of hydrogen-bond acceptors (Lipinski definition) is 4. The van der Waals surface area contributed by atoms with Gasteiger partial charge in [0.2, 0.25) is 5.91 Å². The maximum absolute atomic E-state index is 13.3. The number of anilines is 1. The van der Waals surface area contributed by atoms with Gasteiger partial charge in [-0.05, 0) is 23.8 Å². The molecule has 0 atom stereocenters. The quantitative estimate of drug-likeness (QED) is 0.695. The van der Waals surface area contributed by atoms with E-state index in [0.717, 1.165) is 50.3 Å². The molecule has 1 fully saturated rings. The molecular weight excluding hydrogens is 349 g/mol. The Morgan fingerprint density at radius 3 is 3.00 bits per heavy atom. The van der Waals surface area contributed by atoms with Crippen molar-refractivity contribution in [3.8, 4) is 0 Å². The zero-order valence-corrected chi connectivity index (χ0v) is 14.9. The van der Waals surface area contributed by atoms with Crippen molar-refractivity contribution in [3.05, 3.63) is 48.2 Å². The van der Waals surface area contributed by atoms with Gasteiger partial charge in [-0.2, -0.15) is 5.10 Å². The number of hydrogen-bond donors (Lipinski definition) is 2. The highest BCUT2D eigenvalue weighted by Gasteiger charge is 2.12. The predicted molar refractivity (Wildman–Crippen MR) is 100 cm³/mol. The number of benzene rings is 1. The highest BCUT2D eigenvalue weighted by Crippen LogP contribution is 2.20. The van der Waals surface area contributed by atoms with Crippen molar-refractivity contribution in [1.82, 2.24) is 19.7 Å². The first kappa shape index (κ1) is 17.7. The second kappa shape index (κ2) is 7.89. The molecule has 1 aliphatic rings. The van der Waals surface area contributed by atoms with Crippen molar-refractivity contribution in [3.63, 3.8) is 0 Å². The number of rotatable bonds is 6.